The van der Waals surface area contributed by atoms with Crippen molar-refractivity contribution in [1.29, 1.82) is 0 Å². The third kappa shape index (κ3) is 3.26. The average Bonchev–Trinajstić information content (AvgIpc) is 2.47. The minimum Gasteiger partial charge on any atom is -0.480 e. The Labute approximate surface area is 124 Å². The first-order valence-corrected chi connectivity index (χ1v) is 10.4. The largest absolute Gasteiger partial charge is 0.480 e. The van der Waals surface area contributed by atoms with Gasteiger partial charge in [-0.1, -0.05) is 54.5 Å². The number of carbonyl (C=O) groups is 1. The van der Waals surface area contributed by atoms with Gasteiger partial charge in [-0.3, -0.25) is 4.79 Å². The molecule has 2 fully saturated rings. The molecule has 1 atom stereocenters. The summed E-state index contributed by atoms with van der Waals surface area (Å²) in [6, 6.07) is 0. The molecule has 0 aliphatic heterocycles. The maximum atomic E-state index is 13.6. The number of hydrogen-bond acceptors (Lipinski definition) is 2. The summed E-state index contributed by atoms with van der Waals surface area (Å²) in [5.41, 5.74) is 0.287. The smallest absolute Gasteiger partial charge is 0.324 e. The van der Waals surface area contributed by atoms with Gasteiger partial charge in [0.15, 0.2) is 4.57 Å². The van der Waals surface area contributed by atoms with E-state index in [4.69, 9.17) is 0 Å². The van der Waals surface area contributed by atoms with Gasteiger partial charge in [0.05, 0.1) is 0 Å². The topological polar surface area (TPSA) is 54.4 Å². The standard InChI is InChI=1S/C14H24BrO3P/c15-13(14(16)17)19(18,11-7-3-1-4-8-11)12-9-5-2-6-10-12/h11-13H,1-10H2,(H,16,17). The molecule has 1 N–H and O–H groups in total. The number of alkyl halides is 1. The van der Waals surface area contributed by atoms with Gasteiger partial charge in [-0.15, -0.1) is 0 Å². The van der Waals surface area contributed by atoms with Gasteiger partial charge in [0.2, 0.25) is 0 Å². The molecule has 0 aromatic heterocycles. The number of hydrogen-bond donors (Lipinski definition) is 1. The van der Waals surface area contributed by atoms with Gasteiger partial charge in [-0.05, 0) is 25.7 Å². The summed E-state index contributed by atoms with van der Waals surface area (Å²) in [5.74, 6) is -0.931. The van der Waals surface area contributed by atoms with Gasteiger partial charge in [0.25, 0.3) is 0 Å². The van der Waals surface area contributed by atoms with E-state index in [2.05, 4.69) is 15.9 Å². The van der Waals surface area contributed by atoms with Crippen molar-refractivity contribution in [1.82, 2.24) is 0 Å². The monoisotopic (exact) mass is 350 g/mol. The van der Waals surface area contributed by atoms with E-state index < -0.39 is 17.7 Å². The van der Waals surface area contributed by atoms with Crippen LogP contribution in [0.2, 0.25) is 0 Å². The van der Waals surface area contributed by atoms with E-state index in [1.807, 2.05) is 0 Å². The van der Waals surface area contributed by atoms with E-state index in [1.165, 1.54) is 12.8 Å². The van der Waals surface area contributed by atoms with Gasteiger partial charge in [0, 0.05) is 11.3 Å². The van der Waals surface area contributed by atoms with Crippen LogP contribution in [0.5, 0.6) is 0 Å². The molecular weight excluding hydrogens is 327 g/mol. The Morgan fingerprint density at radius 1 is 0.947 bits per heavy atom. The lowest BCUT2D eigenvalue weighted by atomic mass is 9.99. The lowest BCUT2D eigenvalue weighted by molar-refractivity contribution is -0.134. The molecule has 3 nitrogen and oxygen atoms in total. The highest BCUT2D eigenvalue weighted by Crippen LogP contribution is 2.67. The van der Waals surface area contributed by atoms with Gasteiger partial charge >= 0.3 is 5.97 Å². The van der Waals surface area contributed by atoms with Gasteiger partial charge in [-0.2, -0.15) is 0 Å². The van der Waals surface area contributed by atoms with Gasteiger partial charge in [-0.25, -0.2) is 0 Å². The molecule has 0 saturated heterocycles. The van der Waals surface area contributed by atoms with Crippen molar-refractivity contribution in [2.45, 2.75) is 80.1 Å². The van der Waals surface area contributed by atoms with Crippen LogP contribution >= 0.6 is 23.1 Å². The van der Waals surface area contributed by atoms with Crippen molar-refractivity contribution in [3.8, 4) is 0 Å². The van der Waals surface area contributed by atoms with Crippen molar-refractivity contribution in [3.63, 3.8) is 0 Å². The number of carboxylic acids is 1. The Morgan fingerprint density at radius 2 is 1.32 bits per heavy atom. The van der Waals surface area contributed by atoms with Crippen LogP contribution in [0.15, 0.2) is 0 Å². The molecule has 19 heavy (non-hydrogen) atoms. The minimum absolute atomic E-state index is 0.143. The fraction of sp³-hybridized carbons (Fsp3) is 0.929. The molecule has 0 radical (unpaired) electrons. The van der Waals surface area contributed by atoms with Crippen LogP contribution in [-0.2, 0) is 9.36 Å². The van der Waals surface area contributed by atoms with Crippen molar-refractivity contribution in [2.24, 2.45) is 0 Å². The van der Waals surface area contributed by atoms with E-state index >= 15 is 0 Å². The molecule has 1 unspecified atom stereocenters. The molecule has 0 aromatic carbocycles. The molecule has 2 aliphatic carbocycles. The average molecular weight is 351 g/mol. The number of aliphatic carboxylic acids is 1. The molecule has 2 aliphatic rings. The summed E-state index contributed by atoms with van der Waals surface area (Å²) in [6.07, 6.45) is 10.7. The van der Waals surface area contributed by atoms with E-state index in [1.54, 1.807) is 0 Å². The Bertz CT molecular complexity index is 338. The molecule has 2 rings (SSSR count). The second-order valence-corrected chi connectivity index (χ2v) is 11.1. The third-order valence-corrected chi connectivity index (χ3v) is 11.4. The van der Waals surface area contributed by atoms with E-state index in [-0.39, 0.29) is 11.3 Å². The zero-order valence-corrected chi connectivity index (χ0v) is 13.9. The molecular formula is C14H24BrO3P. The third-order valence-electron chi connectivity index (χ3n) is 4.85. The summed E-state index contributed by atoms with van der Waals surface area (Å²) < 4.78 is 12.8. The second kappa shape index (κ2) is 6.76. The van der Waals surface area contributed by atoms with Gasteiger partial charge in [0.1, 0.15) is 7.14 Å². The van der Waals surface area contributed by atoms with Crippen LogP contribution in [0.4, 0.5) is 0 Å². The van der Waals surface area contributed by atoms with Crippen LogP contribution in [0.1, 0.15) is 64.2 Å². The first-order valence-electron chi connectivity index (χ1n) is 7.52. The predicted octanol–water partition coefficient (Wildman–Crippen LogP) is 4.82. The number of halogens is 1. The summed E-state index contributed by atoms with van der Waals surface area (Å²) in [6.45, 7) is 0. The summed E-state index contributed by atoms with van der Waals surface area (Å²) in [5, 5.41) is 9.36. The highest BCUT2D eigenvalue weighted by molar-refractivity contribution is 9.11. The summed E-state index contributed by atoms with van der Waals surface area (Å²) in [7, 11) is -2.70. The number of carboxylic acid groups (broad SMARTS) is 1. The highest BCUT2D eigenvalue weighted by Gasteiger charge is 2.48. The molecule has 5 heteroatoms. The van der Waals surface area contributed by atoms with Crippen LogP contribution in [0, 0.1) is 0 Å². The number of rotatable bonds is 4. The SMILES string of the molecule is O=C(O)C(Br)P(=O)(C1CCCCC1)C1CCCCC1. The quantitative estimate of drug-likeness (QED) is 0.584. The Morgan fingerprint density at radius 3 is 1.63 bits per heavy atom. The normalized spacial score (nSPS) is 25.1. The van der Waals surface area contributed by atoms with Crippen molar-refractivity contribution in [2.75, 3.05) is 0 Å². The molecule has 2 saturated carbocycles. The maximum absolute atomic E-state index is 13.6. The van der Waals surface area contributed by atoms with Crippen molar-refractivity contribution >= 4 is 29.0 Å². The van der Waals surface area contributed by atoms with Crippen molar-refractivity contribution in [3.05, 3.63) is 0 Å². The van der Waals surface area contributed by atoms with E-state index in [0.717, 1.165) is 51.4 Å². The highest BCUT2D eigenvalue weighted by atomic mass is 79.9. The van der Waals surface area contributed by atoms with Crippen LogP contribution in [0.3, 0.4) is 0 Å². The first-order chi connectivity index (χ1) is 9.06. The van der Waals surface area contributed by atoms with Gasteiger partial charge < -0.3 is 9.67 Å². The van der Waals surface area contributed by atoms with E-state index in [0.29, 0.717) is 0 Å². The maximum Gasteiger partial charge on any atom is 0.324 e. The molecule has 0 heterocycles. The Kier molecular flexibility index (Phi) is 5.54. The Balaban J connectivity index is 2.25. The summed E-state index contributed by atoms with van der Waals surface area (Å²) in [4.78, 5) is 11.4. The fourth-order valence-corrected chi connectivity index (χ4v) is 9.84. The van der Waals surface area contributed by atoms with Crippen molar-refractivity contribution < 1.29 is 14.5 Å². The summed E-state index contributed by atoms with van der Waals surface area (Å²) >= 11 is 3.27. The molecule has 0 bridgehead atoms. The molecule has 0 aromatic rings. The van der Waals surface area contributed by atoms with Crippen LogP contribution < -0.4 is 0 Å². The van der Waals surface area contributed by atoms with E-state index in [9.17, 15) is 14.5 Å². The second-order valence-electron chi connectivity index (χ2n) is 6.02. The fourth-order valence-electron chi connectivity index (χ4n) is 3.81. The lowest BCUT2D eigenvalue weighted by Gasteiger charge is -2.39. The minimum atomic E-state index is -2.70. The predicted molar refractivity (Wildman–Crippen MR) is 81.7 cm³/mol. The first kappa shape index (κ1) is 15.6. The molecule has 0 spiro atoms. The zero-order valence-electron chi connectivity index (χ0n) is 11.4. The van der Waals surface area contributed by atoms with Crippen LogP contribution in [-0.4, -0.2) is 27.0 Å². The van der Waals surface area contributed by atoms with Crippen LogP contribution in [0.25, 0.3) is 0 Å². The molecule has 0 amide bonds. The zero-order chi connectivity index (χ0) is 13.9. The Hall–Kier alpha value is 0.180. The lowest BCUT2D eigenvalue weighted by Crippen LogP contribution is -2.31. The molecule has 110 valence electrons.